The summed E-state index contributed by atoms with van der Waals surface area (Å²) < 4.78 is 0. The molecule has 0 atom stereocenters. The molecular formula is C11H21NO2. The maximum absolute atomic E-state index is 9.51. The third-order valence-electron chi connectivity index (χ3n) is 2.21. The number of rotatable bonds is 2. The van der Waals surface area contributed by atoms with E-state index in [1.54, 1.807) is 6.92 Å². The highest BCUT2D eigenvalue weighted by Crippen LogP contribution is 2.06. The molecule has 1 heterocycles. The summed E-state index contributed by atoms with van der Waals surface area (Å²) in [5.41, 5.74) is 0. The van der Waals surface area contributed by atoms with Gasteiger partial charge in [-0.25, -0.2) is 4.79 Å². The molecule has 0 aliphatic carbocycles. The summed E-state index contributed by atoms with van der Waals surface area (Å²) in [4.78, 5) is 12.0. The van der Waals surface area contributed by atoms with Crippen LogP contribution in [0.1, 0.15) is 33.1 Å². The molecule has 3 heteroatoms. The van der Waals surface area contributed by atoms with Gasteiger partial charge >= 0.3 is 5.97 Å². The van der Waals surface area contributed by atoms with Crippen LogP contribution in [0.25, 0.3) is 0 Å². The highest BCUT2D eigenvalue weighted by molar-refractivity contribution is 5.79. The Balaban J connectivity index is 0.000000255. The maximum Gasteiger partial charge on any atom is 0.327 e. The van der Waals surface area contributed by atoms with Crippen LogP contribution in [-0.4, -0.2) is 35.6 Å². The number of carboxylic acid groups (broad SMARTS) is 1. The van der Waals surface area contributed by atoms with Crippen LogP contribution in [0.4, 0.5) is 0 Å². The Morgan fingerprint density at radius 1 is 1.36 bits per heavy atom. The third-order valence-corrected chi connectivity index (χ3v) is 2.21. The van der Waals surface area contributed by atoms with Gasteiger partial charge in [-0.1, -0.05) is 19.4 Å². The minimum absolute atomic E-state index is 0.891. The van der Waals surface area contributed by atoms with Crippen LogP contribution in [0, 0.1) is 0 Å². The molecule has 0 radical (unpaired) electrons. The molecular weight excluding hydrogens is 178 g/mol. The van der Waals surface area contributed by atoms with Crippen molar-refractivity contribution in [2.24, 2.45) is 0 Å². The lowest BCUT2D eigenvalue weighted by atomic mass is 10.1. The largest absolute Gasteiger partial charge is 0.478 e. The van der Waals surface area contributed by atoms with Gasteiger partial charge in [-0.3, -0.25) is 0 Å². The van der Waals surface area contributed by atoms with E-state index in [2.05, 4.69) is 11.8 Å². The molecule has 0 aromatic rings. The van der Waals surface area contributed by atoms with E-state index in [-0.39, 0.29) is 0 Å². The lowest BCUT2D eigenvalue weighted by molar-refractivity contribution is -0.131. The standard InChI is InChI=1S/C7H15N.C4H6O2/c1-2-8-6-4-3-5-7-8;1-2-3-4(5)6/h2-7H2,1H3;2-3H,1H3,(H,5,6). The number of piperidine rings is 1. The molecule has 1 aliphatic heterocycles. The molecule has 1 aliphatic rings. The Labute approximate surface area is 86.4 Å². The van der Waals surface area contributed by atoms with Gasteiger partial charge in [-0.15, -0.1) is 0 Å². The quantitative estimate of drug-likeness (QED) is 0.693. The average molecular weight is 199 g/mol. The van der Waals surface area contributed by atoms with E-state index in [1.165, 1.54) is 45.0 Å². The molecule has 1 saturated heterocycles. The molecule has 0 bridgehead atoms. The van der Waals surface area contributed by atoms with Crippen LogP contribution < -0.4 is 0 Å². The number of carboxylic acids is 1. The van der Waals surface area contributed by atoms with E-state index in [0.717, 1.165) is 6.08 Å². The molecule has 14 heavy (non-hydrogen) atoms. The molecule has 0 spiro atoms. The van der Waals surface area contributed by atoms with E-state index in [4.69, 9.17) is 5.11 Å². The van der Waals surface area contributed by atoms with Crippen LogP contribution in [0.3, 0.4) is 0 Å². The van der Waals surface area contributed by atoms with Gasteiger partial charge in [0.15, 0.2) is 0 Å². The van der Waals surface area contributed by atoms with Gasteiger partial charge in [-0.05, 0) is 39.4 Å². The Morgan fingerprint density at radius 3 is 2.14 bits per heavy atom. The van der Waals surface area contributed by atoms with Crippen molar-refractivity contribution < 1.29 is 9.90 Å². The number of hydrogen-bond donors (Lipinski definition) is 1. The van der Waals surface area contributed by atoms with Crippen molar-refractivity contribution in [1.29, 1.82) is 0 Å². The molecule has 0 unspecified atom stereocenters. The van der Waals surface area contributed by atoms with Crippen LogP contribution in [0.15, 0.2) is 12.2 Å². The van der Waals surface area contributed by atoms with Crippen LogP contribution >= 0.6 is 0 Å². The zero-order chi connectivity index (χ0) is 10.8. The van der Waals surface area contributed by atoms with Crippen molar-refractivity contribution in [3.8, 4) is 0 Å². The van der Waals surface area contributed by atoms with Crippen molar-refractivity contribution in [2.75, 3.05) is 19.6 Å². The summed E-state index contributed by atoms with van der Waals surface area (Å²) in [6.07, 6.45) is 6.86. The molecule has 0 aromatic carbocycles. The van der Waals surface area contributed by atoms with Gasteiger partial charge in [0.2, 0.25) is 0 Å². The van der Waals surface area contributed by atoms with Gasteiger partial charge in [0.1, 0.15) is 0 Å². The van der Waals surface area contributed by atoms with Crippen molar-refractivity contribution >= 4 is 5.97 Å². The molecule has 0 amide bonds. The number of allylic oxidation sites excluding steroid dienone is 1. The molecule has 1 N–H and O–H groups in total. The summed E-state index contributed by atoms with van der Waals surface area (Å²) in [7, 11) is 0. The van der Waals surface area contributed by atoms with E-state index in [1.807, 2.05) is 0 Å². The summed E-state index contributed by atoms with van der Waals surface area (Å²) in [6.45, 7) is 7.84. The summed E-state index contributed by atoms with van der Waals surface area (Å²) in [6, 6.07) is 0. The van der Waals surface area contributed by atoms with Crippen LogP contribution in [0.5, 0.6) is 0 Å². The monoisotopic (exact) mass is 199 g/mol. The van der Waals surface area contributed by atoms with Crippen molar-refractivity contribution in [3.05, 3.63) is 12.2 Å². The van der Waals surface area contributed by atoms with Crippen molar-refractivity contribution in [3.63, 3.8) is 0 Å². The SMILES string of the molecule is CC=CC(=O)O.CCN1CCCCC1. The normalized spacial score (nSPS) is 17.6. The van der Waals surface area contributed by atoms with E-state index in [9.17, 15) is 4.79 Å². The Kier molecular flexibility index (Phi) is 8.24. The van der Waals surface area contributed by atoms with Crippen LogP contribution in [0.2, 0.25) is 0 Å². The van der Waals surface area contributed by atoms with E-state index < -0.39 is 5.97 Å². The third kappa shape index (κ3) is 7.80. The first kappa shape index (κ1) is 13.2. The molecule has 0 aromatic heterocycles. The highest BCUT2D eigenvalue weighted by atomic mass is 16.4. The molecule has 1 rings (SSSR count). The van der Waals surface area contributed by atoms with E-state index >= 15 is 0 Å². The second kappa shape index (κ2) is 8.75. The van der Waals surface area contributed by atoms with E-state index in [0.29, 0.717) is 0 Å². The van der Waals surface area contributed by atoms with Gasteiger partial charge < -0.3 is 10.0 Å². The lowest BCUT2D eigenvalue weighted by Gasteiger charge is -2.24. The van der Waals surface area contributed by atoms with Gasteiger partial charge in [-0.2, -0.15) is 0 Å². The minimum atomic E-state index is -0.891. The Hall–Kier alpha value is -0.830. The van der Waals surface area contributed by atoms with Crippen LogP contribution in [-0.2, 0) is 4.79 Å². The minimum Gasteiger partial charge on any atom is -0.478 e. The Morgan fingerprint density at radius 2 is 1.93 bits per heavy atom. The Bertz CT molecular complexity index is 172. The van der Waals surface area contributed by atoms with Gasteiger partial charge in [0.05, 0.1) is 0 Å². The number of aliphatic carboxylic acids is 1. The highest BCUT2D eigenvalue weighted by Gasteiger charge is 2.05. The maximum atomic E-state index is 9.51. The first-order valence-electron chi connectivity index (χ1n) is 5.28. The smallest absolute Gasteiger partial charge is 0.327 e. The van der Waals surface area contributed by atoms with Gasteiger partial charge in [0.25, 0.3) is 0 Å². The lowest BCUT2D eigenvalue weighted by Crippen LogP contribution is -2.29. The molecule has 3 nitrogen and oxygen atoms in total. The second-order valence-corrected chi connectivity index (χ2v) is 3.33. The van der Waals surface area contributed by atoms with Crippen molar-refractivity contribution in [2.45, 2.75) is 33.1 Å². The number of hydrogen-bond acceptors (Lipinski definition) is 2. The fraction of sp³-hybridized carbons (Fsp3) is 0.727. The summed E-state index contributed by atoms with van der Waals surface area (Å²) in [5, 5.41) is 7.83. The predicted molar refractivity (Wildman–Crippen MR) is 58.4 cm³/mol. The fourth-order valence-electron chi connectivity index (χ4n) is 1.42. The predicted octanol–water partition coefficient (Wildman–Crippen LogP) is 2.14. The zero-order valence-corrected chi connectivity index (χ0v) is 9.20. The molecule has 0 saturated carbocycles. The summed E-state index contributed by atoms with van der Waals surface area (Å²) in [5.74, 6) is -0.891. The second-order valence-electron chi connectivity index (χ2n) is 3.33. The summed E-state index contributed by atoms with van der Waals surface area (Å²) >= 11 is 0. The topological polar surface area (TPSA) is 40.5 Å². The van der Waals surface area contributed by atoms with Gasteiger partial charge in [0, 0.05) is 6.08 Å². The average Bonchev–Trinajstić information content (AvgIpc) is 2.20. The molecule has 82 valence electrons. The first-order chi connectivity index (χ1) is 6.70. The van der Waals surface area contributed by atoms with Crippen molar-refractivity contribution in [1.82, 2.24) is 4.90 Å². The number of carbonyl (C=O) groups is 1. The number of likely N-dealkylation sites (tertiary alicyclic amines) is 1. The zero-order valence-electron chi connectivity index (χ0n) is 9.20. The molecule has 1 fully saturated rings. The number of nitrogens with zero attached hydrogens (tertiary/aromatic N) is 1. The fourth-order valence-corrected chi connectivity index (χ4v) is 1.42. The first-order valence-corrected chi connectivity index (χ1v) is 5.28.